The average molecular weight is 503 g/mol. The molecule has 0 unspecified atom stereocenters. The molecule has 0 aromatic carbocycles. The molecular formula is C23H48N6O2P2. The molecule has 192 valence electrons. The quantitative estimate of drug-likeness (QED) is 0.352. The van der Waals surface area contributed by atoms with E-state index in [9.17, 15) is 9.13 Å². The number of unbranched alkanes of at least 4 members (excludes halogenated alkanes) is 2. The maximum absolute atomic E-state index is 14.0. The zero-order valence-electron chi connectivity index (χ0n) is 21.9. The topological polar surface area (TPSA) is 53.6 Å². The van der Waals surface area contributed by atoms with E-state index in [2.05, 4.69) is 56.2 Å². The van der Waals surface area contributed by atoms with Crippen molar-refractivity contribution in [3.05, 3.63) is 0 Å². The van der Waals surface area contributed by atoms with Gasteiger partial charge in [0, 0.05) is 37.3 Å². The molecule has 2 aliphatic carbocycles. The Bertz CT molecular complexity index is 678. The number of likely N-dealkylation sites (N-methyl/N-ethyl adjacent to an activating group) is 4. The van der Waals surface area contributed by atoms with Crippen LogP contribution in [0.2, 0.25) is 0 Å². The fraction of sp³-hybridized carbons (Fsp3) is 1.00. The van der Waals surface area contributed by atoms with Gasteiger partial charge in [-0.05, 0) is 80.8 Å². The minimum Gasteiger partial charge on any atom is -0.270 e. The lowest BCUT2D eigenvalue weighted by Crippen LogP contribution is -2.37. The first-order chi connectivity index (χ1) is 15.6. The van der Waals surface area contributed by atoms with Gasteiger partial charge in [-0.1, -0.05) is 32.1 Å². The van der Waals surface area contributed by atoms with E-state index in [1.165, 1.54) is 51.4 Å². The molecule has 0 spiro atoms. The van der Waals surface area contributed by atoms with Gasteiger partial charge >= 0.3 is 0 Å². The van der Waals surface area contributed by atoms with Crippen LogP contribution in [-0.4, -0.2) is 108 Å². The number of hydrogen-bond donors (Lipinski definition) is 0. The number of nitrogens with zero attached hydrogens (tertiary/aromatic N) is 6. The van der Waals surface area contributed by atoms with Crippen molar-refractivity contribution < 1.29 is 9.13 Å². The lowest BCUT2D eigenvalue weighted by Gasteiger charge is -2.35. The molecule has 0 amide bonds. The summed E-state index contributed by atoms with van der Waals surface area (Å²) in [6.07, 6.45) is 12.8. The molecule has 8 nitrogen and oxygen atoms in total. The Morgan fingerprint density at radius 3 is 1.12 bits per heavy atom. The zero-order chi connectivity index (χ0) is 24.0. The fourth-order valence-corrected chi connectivity index (χ4v) is 13.5. The third-order valence-corrected chi connectivity index (χ3v) is 16.0. The minimum absolute atomic E-state index is 0.437. The van der Waals surface area contributed by atoms with Crippen molar-refractivity contribution in [1.82, 2.24) is 28.0 Å². The van der Waals surface area contributed by atoms with Gasteiger partial charge in [0.05, 0.1) is 0 Å². The van der Waals surface area contributed by atoms with Crippen molar-refractivity contribution in [2.45, 2.75) is 94.8 Å². The molecule has 0 aromatic rings. The minimum atomic E-state index is -2.64. The van der Waals surface area contributed by atoms with Gasteiger partial charge in [0.1, 0.15) is 0 Å². The Hall–Kier alpha value is 0.220. The first-order valence-electron chi connectivity index (χ1n) is 13.2. The average Bonchev–Trinajstić information content (AvgIpc) is 3.16. The Kier molecular flexibility index (Phi) is 8.20. The molecule has 0 aromatic heterocycles. The standard InChI is InChI=1S/C23H48N6O2P2/c1-24(32(30)26(3)20-14-8-9-15-21(20)27(32)4)18-12-7-13-19-25(2)33(31)28(5)22-16-10-11-17-23(22)29(33)6/h20-23H,7-19H2,1-6H3/t20-,21-,22-,23-/m1/s1. The van der Waals surface area contributed by atoms with Crippen LogP contribution in [0.25, 0.3) is 0 Å². The van der Waals surface area contributed by atoms with E-state index in [1.54, 1.807) is 0 Å². The molecule has 4 fully saturated rings. The van der Waals surface area contributed by atoms with E-state index in [-0.39, 0.29) is 0 Å². The van der Waals surface area contributed by atoms with E-state index in [1.807, 2.05) is 14.1 Å². The molecule has 2 heterocycles. The monoisotopic (exact) mass is 502 g/mol. The van der Waals surface area contributed by atoms with Crippen molar-refractivity contribution in [3.8, 4) is 0 Å². The molecule has 4 rings (SSSR count). The van der Waals surface area contributed by atoms with Crippen LogP contribution >= 0.6 is 15.2 Å². The first kappa shape index (κ1) is 26.3. The van der Waals surface area contributed by atoms with Crippen LogP contribution in [0.5, 0.6) is 0 Å². The predicted molar refractivity (Wildman–Crippen MR) is 137 cm³/mol. The van der Waals surface area contributed by atoms with Crippen LogP contribution < -0.4 is 0 Å². The lowest BCUT2D eigenvalue weighted by atomic mass is 9.91. The van der Waals surface area contributed by atoms with E-state index >= 15 is 0 Å². The molecular weight excluding hydrogens is 454 g/mol. The van der Waals surface area contributed by atoms with Gasteiger partial charge in [0.15, 0.2) is 0 Å². The smallest absolute Gasteiger partial charge is 0.270 e. The van der Waals surface area contributed by atoms with Gasteiger partial charge in [0.25, 0.3) is 15.2 Å². The molecule has 0 bridgehead atoms. The van der Waals surface area contributed by atoms with Crippen molar-refractivity contribution in [2.24, 2.45) is 0 Å². The van der Waals surface area contributed by atoms with Gasteiger partial charge < -0.3 is 0 Å². The van der Waals surface area contributed by atoms with Crippen LogP contribution in [0.4, 0.5) is 0 Å². The van der Waals surface area contributed by atoms with Crippen LogP contribution in [0.1, 0.15) is 70.6 Å². The van der Waals surface area contributed by atoms with Gasteiger partial charge in [-0.25, -0.2) is 28.0 Å². The molecule has 2 aliphatic heterocycles. The summed E-state index contributed by atoms with van der Waals surface area (Å²) in [4.78, 5) is 0. The van der Waals surface area contributed by atoms with Crippen molar-refractivity contribution in [2.75, 3.05) is 55.4 Å². The highest BCUT2D eigenvalue weighted by Gasteiger charge is 2.54. The summed E-state index contributed by atoms with van der Waals surface area (Å²) < 4.78 is 41.1. The summed E-state index contributed by atoms with van der Waals surface area (Å²) in [6, 6.07) is 1.75. The molecule has 33 heavy (non-hydrogen) atoms. The van der Waals surface area contributed by atoms with E-state index in [0.717, 1.165) is 32.4 Å². The Labute approximate surface area is 202 Å². The lowest BCUT2D eigenvalue weighted by molar-refractivity contribution is 0.233. The molecule has 4 aliphatic rings. The Morgan fingerprint density at radius 1 is 0.576 bits per heavy atom. The summed E-state index contributed by atoms with van der Waals surface area (Å²) in [6.45, 7) is 1.69. The fourth-order valence-electron chi connectivity index (χ4n) is 7.23. The summed E-state index contributed by atoms with van der Waals surface area (Å²) in [5, 5.41) is 0. The van der Waals surface area contributed by atoms with Crippen molar-refractivity contribution in [3.63, 3.8) is 0 Å². The molecule has 0 N–H and O–H groups in total. The SMILES string of the molecule is CN(CCCCCN(C)P1(=O)N(C)[C@@H]2CCCC[C@H]2N1C)P1(=O)N(C)[C@@H]2CCCC[C@H]2N1C. The second-order valence-electron chi connectivity index (χ2n) is 11.0. The van der Waals surface area contributed by atoms with E-state index < -0.39 is 15.2 Å². The Balaban J connectivity index is 1.26. The van der Waals surface area contributed by atoms with Crippen molar-refractivity contribution in [1.29, 1.82) is 0 Å². The van der Waals surface area contributed by atoms with Gasteiger partial charge in [-0.3, -0.25) is 9.13 Å². The predicted octanol–water partition coefficient (Wildman–Crippen LogP) is 4.61. The Morgan fingerprint density at radius 2 is 0.848 bits per heavy atom. The van der Waals surface area contributed by atoms with E-state index in [4.69, 9.17) is 0 Å². The van der Waals surface area contributed by atoms with Gasteiger partial charge in [-0.2, -0.15) is 0 Å². The molecule has 0 radical (unpaired) electrons. The second kappa shape index (κ2) is 10.3. The molecule has 2 saturated carbocycles. The third-order valence-electron chi connectivity index (χ3n) is 9.30. The molecule has 10 heteroatoms. The molecule has 4 atom stereocenters. The normalized spacial score (nSPS) is 35.4. The second-order valence-corrected chi connectivity index (χ2v) is 16.9. The number of rotatable bonds is 8. The van der Waals surface area contributed by atoms with E-state index in [0.29, 0.717) is 24.2 Å². The summed E-state index contributed by atoms with van der Waals surface area (Å²) in [5.41, 5.74) is 0. The maximum atomic E-state index is 14.0. The maximum Gasteiger partial charge on any atom is 0.286 e. The van der Waals surface area contributed by atoms with Crippen molar-refractivity contribution >= 4 is 15.2 Å². The first-order valence-corrected chi connectivity index (χ1v) is 16.3. The van der Waals surface area contributed by atoms with Gasteiger partial charge in [0.2, 0.25) is 0 Å². The number of fused-ring (bicyclic) bond motifs is 2. The largest absolute Gasteiger partial charge is 0.286 e. The third kappa shape index (κ3) is 4.35. The van der Waals surface area contributed by atoms with Crippen LogP contribution in [0.3, 0.4) is 0 Å². The van der Waals surface area contributed by atoms with Crippen LogP contribution in [0.15, 0.2) is 0 Å². The molecule has 2 saturated heterocycles. The zero-order valence-corrected chi connectivity index (χ0v) is 23.7. The number of hydrogen-bond acceptors (Lipinski definition) is 2. The highest BCUT2D eigenvalue weighted by molar-refractivity contribution is 7.57. The van der Waals surface area contributed by atoms with Gasteiger partial charge in [-0.15, -0.1) is 0 Å². The van der Waals surface area contributed by atoms with Crippen LogP contribution in [0, 0.1) is 0 Å². The summed E-state index contributed by atoms with van der Waals surface area (Å²) in [5.74, 6) is 0. The summed E-state index contributed by atoms with van der Waals surface area (Å²) >= 11 is 0. The van der Waals surface area contributed by atoms with Crippen LogP contribution in [-0.2, 0) is 9.13 Å². The highest BCUT2D eigenvalue weighted by Crippen LogP contribution is 2.64. The summed E-state index contributed by atoms with van der Waals surface area (Å²) in [7, 11) is 7.08. The highest BCUT2D eigenvalue weighted by atomic mass is 31.2.